The van der Waals surface area contributed by atoms with Crippen molar-refractivity contribution < 1.29 is 19.1 Å². The number of likely N-dealkylation sites (tertiary alicyclic amines) is 1. The lowest BCUT2D eigenvalue weighted by Crippen LogP contribution is -2.57. The summed E-state index contributed by atoms with van der Waals surface area (Å²) in [6, 6.07) is 14.2. The number of anilines is 1. The molecule has 2 N–H and O–H groups in total. The number of rotatable bonds is 9. The van der Waals surface area contributed by atoms with Crippen molar-refractivity contribution in [2.24, 2.45) is 11.8 Å². The van der Waals surface area contributed by atoms with Crippen LogP contribution in [-0.2, 0) is 25.7 Å². The van der Waals surface area contributed by atoms with Gasteiger partial charge in [0.05, 0.1) is 28.0 Å². The van der Waals surface area contributed by atoms with Gasteiger partial charge >= 0.3 is 0 Å². The van der Waals surface area contributed by atoms with Crippen LogP contribution in [0.3, 0.4) is 0 Å². The molecule has 8 nitrogen and oxygen atoms in total. The predicted octanol–water partition coefficient (Wildman–Crippen LogP) is 4.66. The van der Waals surface area contributed by atoms with E-state index in [0.29, 0.717) is 35.4 Å². The fourth-order valence-corrected chi connectivity index (χ4v) is 7.39. The van der Waals surface area contributed by atoms with E-state index in [1.807, 2.05) is 37.4 Å². The van der Waals surface area contributed by atoms with Gasteiger partial charge in [0.25, 0.3) is 0 Å². The minimum absolute atomic E-state index is 0.0794. The Morgan fingerprint density at radius 1 is 1.05 bits per heavy atom. The largest absolute Gasteiger partial charge is 0.359 e. The Labute approximate surface area is 256 Å². The van der Waals surface area contributed by atoms with Crippen LogP contribution in [0.1, 0.15) is 37.7 Å². The van der Waals surface area contributed by atoms with Gasteiger partial charge in [0.2, 0.25) is 17.7 Å². The summed E-state index contributed by atoms with van der Waals surface area (Å²) in [6.07, 6.45) is 8.25. The number of benzene rings is 2. The van der Waals surface area contributed by atoms with Gasteiger partial charge in [-0.2, -0.15) is 0 Å². The van der Waals surface area contributed by atoms with E-state index in [-0.39, 0.29) is 23.8 Å². The summed E-state index contributed by atoms with van der Waals surface area (Å²) >= 11 is 12.2. The summed E-state index contributed by atoms with van der Waals surface area (Å²) in [5.74, 6) is -2.38. The van der Waals surface area contributed by atoms with Gasteiger partial charge in [-0.25, -0.2) is 0 Å². The first kappa shape index (κ1) is 29.2. The molecular formula is C32H36Cl2N4O4. The number of hydrogen-bond acceptors (Lipinski definition) is 5. The lowest BCUT2D eigenvalue weighted by Gasteiger charge is -2.34. The van der Waals surface area contributed by atoms with Crippen LogP contribution in [0.2, 0.25) is 10.0 Å². The van der Waals surface area contributed by atoms with E-state index in [2.05, 4.69) is 27.7 Å². The summed E-state index contributed by atoms with van der Waals surface area (Å²) in [7, 11) is 2.00. The second kappa shape index (κ2) is 12.0. The second-order valence-electron chi connectivity index (χ2n) is 11.9. The van der Waals surface area contributed by atoms with Crippen LogP contribution in [0, 0.1) is 11.8 Å². The summed E-state index contributed by atoms with van der Waals surface area (Å²) < 4.78 is 6.47. The number of ether oxygens (including phenoxy) is 1. The predicted molar refractivity (Wildman–Crippen MR) is 162 cm³/mol. The Hall–Kier alpha value is -2.91. The van der Waals surface area contributed by atoms with Gasteiger partial charge in [0.1, 0.15) is 11.6 Å². The third kappa shape index (κ3) is 5.46. The third-order valence-corrected chi connectivity index (χ3v) is 9.82. The van der Waals surface area contributed by atoms with Crippen molar-refractivity contribution in [3.63, 3.8) is 0 Å². The maximum atomic E-state index is 14.2. The Balaban J connectivity index is 1.25. The van der Waals surface area contributed by atoms with Gasteiger partial charge in [-0.15, -0.1) is 0 Å². The fraction of sp³-hybridized carbons (Fsp3) is 0.469. The van der Waals surface area contributed by atoms with Crippen LogP contribution in [0.5, 0.6) is 0 Å². The van der Waals surface area contributed by atoms with Crippen molar-refractivity contribution in [3.05, 3.63) is 76.3 Å². The summed E-state index contributed by atoms with van der Waals surface area (Å²) in [4.78, 5) is 45.7. The average Bonchev–Trinajstić information content (AvgIpc) is 3.62. The van der Waals surface area contributed by atoms with E-state index in [4.69, 9.17) is 27.9 Å². The lowest BCUT2D eigenvalue weighted by molar-refractivity contribution is -0.141. The molecule has 1 spiro atoms. The molecule has 2 bridgehead atoms. The minimum Gasteiger partial charge on any atom is -0.359 e. The molecule has 6 rings (SSSR count). The monoisotopic (exact) mass is 610 g/mol. The van der Waals surface area contributed by atoms with Crippen LogP contribution in [0.25, 0.3) is 0 Å². The van der Waals surface area contributed by atoms with Crippen molar-refractivity contribution in [3.8, 4) is 0 Å². The molecule has 0 radical (unpaired) electrons. The number of halogens is 2. The van der Waals surface area contributed by atoms with Gasteiger partial charge in [-0.3, -0.25) is 14.4 Å². The van der Waals surface area contributed by atoms with E-state index < -0.39 is 29.6 Å². The zero-order valence-electron chi connectivity index (χ0n) is 23.6. The number of nitrogens with one attached hydrogen (secondary N) is 2. The Kier molecular flexibility index (Phi) is 8.33. The van der Waals surface area contributed by atoms with Crippen LogP contribution in [-0.4, -0.2) is 71.4 Å². The number of fused-ring (bicyclic) bond motifs is 1. The summed E-state index contributed by atoms with van der Waals surface area (Å²) in [5.41, 5.74) is 0.448. The molecule has 2 aromatic carbocycles. The number of hydrogen-bond donors (Lipinski definition) is 2. The quantitative estimate of drug-likeness (QED) is 0.403. The zero-order valence-corrected chi connectivity index (χ0v) is 25.1. The van der Waals surface area contributed by atoms with E-state index in [9.17, 15) is 14.4 Å². The van der Waals surface area contributed by atoms with Crippen molar-refractivity contribution >= 4 is 46.6 Å². The molecule has 4 aliphatic rings. The highest BCUT2D eigenvalue weighted by atomic mass is 35.5. The first-order chi connectivity index (χ1) is 20.3. The average molecular weight is 612 g/mol. The Morgan fingerprint density at radius 2 is 1.81 bits per heavy atom. The van der Waals surface area contributed by atoms with Crippen molar-refractivity contribution in [1.82, 2.24) is 15.1 Å². The molecule has 1 saturated carbocycles. The van der Waals surface area contributed by atoms with E-state index in [1.165, 1.54) is 12.0 Å². The van der Waals surface area contributed by atoms with Crippen molar-refractivity contribution in [2.45, 2.75) is 62.4 Å². The van der Waals surface area contributed by atoms with E-state index in [1.54, 1.807) is 23.1 Å². The van der Waals surface area contributed by atoms with E-state index in [0.717, 1.165) is 25.7 Å². The number of carbonyl (C=O) groups is 3. The minimum atomic E-state index is -1.20. The van der Waals surface area contributed by atoms with Gasteiger partial charge in [-0.05, 0) is 43.7 Å². The van der Waals surface area contributed by atoms with Crippen molar-refractivity contribution in [2.75, 3.05) is 25.5 Å². The molecule has 1 aliphatic carbocycles. The van der Waals surface area contributed by atoms with Crippen LogP contribution < -0.4 is 10.6 Å². The number of likely N-dealkylation sites (N-methyl/N-ethyl adjacent to an activating group) is 1. The molecule has 42 heavy (non-hydrogen) atoms. The highest BCUT2D eigenvalue weighted by Gasteiger charge is 2.72. The fourth-order valence-electron chi connectivity index (χ4n) is 7.09. The van der Waals surface area contributed by atoms with Crippen LogP contribution in [0.4, 0.5) is 5.69 Å². The molecule has 3 aliphatic heterocycles. The standard InChI is InChI=1S/C32H36Cl2N4O4/c1-37(19-20-8-4-2-5-9-20)16-17-38-28(30(40)35-21-10-6-3-7-11-21)32-15-14-25(42-32)26(27(32)31(38)41)29(39)36-22-12-13-23(33)24(34)18-22/h2,4-5,8-9,12-15,18,21,25-28H,3,6-7,10-11,16-17,19H2,1H3,(H,35,40)(H,36,39)/t25-,26-,27-,28+,32-/m0/s1. The molecule has 222 valence electrons. The second-order valence-corrected chi connectivity index (χ2v) is 12.7. The lowest BCUT2D eigenvalue weighted by atomic mass is 9.74. The van der Waals surface area contributed by atoms with Gasteiger partial charge in [0.15, 0.2) is 0 Å². The third-order valence-electron chi connectivity index (χ3n) is 9.08. The van der Waals surface area contributed by atoms with Crippen LogP contribution in [0.15, 0.2) is 60.7 Å². The smallest absolute Gasteiger partial charge is 0.246 e. The molecule has 3 heterocycles. The molecule has 3 fully saturated rings. The first-order valence-corrected chi connectivity index (χ1v) is 15.5. The van der Waals surface area contributed by atoms with E-state index >= 15 is 0 Å². The summed E-state index contributed by atoms with van der Waals surface area (Å²) in [6.45, 7) is 1.61. The number of nitrogens with zero attached hydrogens (tertiary/aromatic N) is 2. The normalized spacial score (nSPS) is 28.4. The molecule has 2 saturated heterocycles. The number of amides is 3. The van der Waals surface area contributed by atoms with Crippen molar-refractivity contribution in [1.29, 1.82) is 0 Å². The van der Waals surface area contributed by atoms with Crippen LogP contribution >= 0.6 is 23.2 Å². The first-order valence-electron chi connectivity index (χ1n) is 14.7. The molecular weight excluding hydrogens is 575 g/mol. The SMILES string of the molecule is CN(CCN1C(=O)[C@@H]2[C@@H](C(=O)Nc3ccc(Cl)c(Cl)c3)[C@@H]3C=C[C@@]2(O3)[C@H]1C(=O)NC1CCCCC1)Cc1ccccc1. The molecule has 0 unspecified atom stereocenters. The topological polar surface area (TPSA) is 91.0 Å². The van der Waals surface area contributed by atoms with Gasteiger partial charge < -0.3 is 25.2 Å². The highest BCUT2D eigenvalue weighted by molar-refractivity contribution is 6.42. The molecule has 0 aromatic heterocycles. The molecule has 2 aromatic rings. The van der Waals surface area contributed by atoms with Gasteiger partial charge in [-0.1, -0.05) is 84.9 Å². The van der Waals surface area contributed by atoms with Gasteiger partial charge in [0, 0.05) is 31.4 Å². The zero-order chi connectivity index (χ0) is 29.4. The molecule has 10 heteroatoms. The summed E-state index contributed by atoms with van der Waals surface area (Å²) in [5, 5.41) is 6.83. The molecule has 5 atom stereocenters. The Bertz CT molecular complexity index is 1380. The maximum Gasteiger partial charge on any atom is 0.246 e. The highest BCUT2D eigenvalue weighted by Crippen LogP contribution is 2.55. The Morgan fingerprint density at radius 3 is 2.55 bits per heavy atom. The molecule has 3 amide bonds. The maximum absolute atomic E-state index is 14.2. The number of carbonyl (C=O) groups excluding carboxylic acids is 3.